The van der Waals surface area contributed by atoms with Gasteiger partial charge in [0.2, 0.25) is 0 Å². The lowest BCUT2D eigenvalue weighted by Gasteiger charge is -2.37. The molecule has 0 radical (unpaired) electrons. The fraction of sp³-hybridized carbons (Fsp3) is 0.941. The predicted octanol–water partition coefficient (Wildman–Crippen LogP) is 2.63. The maximum absolute atomic E-state index is 12.5. The van der Waals surface area contributed by atoms with Gasteiger partial charge in [0.1, 0.15) is 5.60 Å². The van der Waals surface area contributed by atoms with Crippen molar-refractivity contribution in [3.63, 3.8) is 0 Å². The van der Waals surface area contributed by atoms with Crippen LogP contribution in [0.4, 0.5) is 0 Å². The van der Waals surface area contributed by atoms with E-state index in [1.165, 1.54) is 12.8 Å². The molecule has 3 heteroatoms. The molecule has 3 nitrogen and oxygen atoms in total. The van der Waals surface area contributed by atoms with Gasteiger partial charge in [0.05, 0.1) is 18.1 Å². The highest BCUT2D eigenvalue weighted by molar-refractivity contribution is 5.74. The van der Waals surface area contributed by atoms with Gasteiger partial charge in [0.15, 0.2) is 0 Å². The summed E-state index contributed by atoms with van der Waals surface area (Å²) in [4.78, 5) is 12.5. The number of fused-ring (bicyclic) bond motifs is 12. The van der Waals surface area contributed by atoms with Crippen molar-refractivity contribution in [3.8, 4) is 0 Å². The second kappa shape index (κ2) is 3.43. The number of carbonyl (C=O) groups is 1. The molecule has 0 spiro atoms. The zero-order valence-corrected chi connectivity index (χ0v) is 12.5. The molecule has 0 amide bonds. The number of epoxide rings is 1. The van der Waals surface area contributed by atoms with Crippen LogP contribution in [0.3, 0.4) is 0 Å². The van der Waals surface area contributed by atoms with Crippen molar-refractivity contribution in [2.75, 3.05) is 0 Å². The normalized spacial score (nSPS) is 57.6. The molecule has 4 saturated carbocycles. The Kier molecular flexibility index (Phi) is 2.06. The Morgan fingerprint density at radius 2 is 1.70 bits per heavy atom. The molecule has 1 heterocycles. The van der Waals surface area contributed by atoms with E-state index in [2.05, 4.69) is 0 Å². The maximum atomic E-state index is 12.5. The molecule has 0 aromatic heterocycles. The molecule has 4 aliphatic carbocycles. The number of ether oxygens (including phenoxy) is 2. The number of hydrogen-bond acceptors (Lipinski definition) is 3. The minimum absolute atomic E-state index is 0.0690. The standard InChI is InChI=1S/C17H24O3/c1-17(2,3)20-16(18)9-5-7-4-8(9)13-11-6-10(12(7)13)14-15(11)19-14/h7-15H,4-6H2,1-3H3. The minimum atomic E-state index is -0.350. The molecule has 1 saturated heterocycles. The first-order valence-corrected chi connectivity index (χ1v) is 8.32. The van der Waals surface area contributed by atoms with Gasteiger partial charge < -0.3 is 9.47 Å². The Morgan fingerprint density at radius 1 is 1.00 bits per heavy atom. The maximum Gasteiger partial charge on any atom is 0.309 e. The first-order valence-electron chi connectivity index (χ1n) is 8.32. The molecule has 9 atom stereocenters. The summed E-state index contributed by atoms with van der Waals surface area (Å²) in [6.07, 6.45) is 4.94. The molecule has 0 aromatic carbocycles. The lowest BCUT2D eigenvalue weighted by atomic mass is 9.67. The van der Waals surface area contributed by atoms with Crippen LogP contribution in [-0.4, -0.2) is 23.8 Å². The summed E-state index contributed by atoms with van der Waals surface area (Å²) in [5, 5.41) is 0. The third-order valence-corrected chi connectivity index (χ3v) is 6.78. The Balaban J connectivity index is 1.38. The third kappa shape index (κ3) is 1.38. The molecule has 5 fully saturated rings. The molecule has 110 valence electrons. The zero-order valence-electron chi connectivity index (χ0n) is 12.5. The van der Waals surface area contributed by atoms with Crippen LogP contribution in [0.2, 0.25) is 0 Å². The van der Waals surface area contributed by atoms with E-state index in [1.807, 2.05) is 20.8 Å². The van der Waals surface area contributed by atoms with Crippen molar-refractivity contribution in [2.45, 2.75) is 57.8 Å². The van der Waals surface area contributed by atoms with Gasteiger partial charge in [0, 0.05) is 0 Å². The van der Waals surface area contributed by atoms with Gasteiger partial charge in [-0.2, -0.15) is 0 Å². The van der Waals surface area contributed by atoms with Crippen LogP contribution >= 0.6 is 0 Å². The van der Waals surface area contributed by atoms with Gasteiger partial charge in [-0.1, -0.05) is 0 Å². The first kappa shape index (κ1) is 12.0. The number of esters is 1. The highest BCUT2D eigenvalue weighted by Gasteiger charge is 2.73. The molecule has 5 rings (SSSR count). The molecule has 0 aromatic rings. The Bertz CT molecular complexity index is 479. The van der Waals surface area contributed by atoms with Gasteiger partial charge in [-0.05, 0) is 75.5 Å². The average Bonchev–Trinajstić information content (AvgIpc) is 2.76. The molecule has 0 N–H and O–H groups in total. The van der Waals surface area contributed by atoms with Crippen LogP contribution in [0, 0.1) is 41.4 Å². The van der Waals surface area contributed by atoms with E-state index in [0.29, 0.717) is 18.1 Å². The van der Waals surface area contributed by atoms with Gasteiger partial charge >= 0.3 is 5.97 Å². The Morgan fingerprint density at radius 3 is 2.40 bits per heavy atom. The van der Waals surface area contributed by atoms with E-state index < -0.39 is 0 Å². The largest absolute Gasteiger partial charge is 0.460 e. The van der Waals surface area contributed by atoms with Crippen molar-refractivity contribution >= 4 is 5.97 Å². The molecule has 9 unspecified atom stereocenters. The summed E-state index contributed by atoms with van der Waals surface area (Å²) in [5.41, 5.74) is -0.350. The summed E-state index contributed by atoms with van der Waals surface area (Å²) < 4.78 is 11.5. The van der Waals surface area contributed by atoms with E-state index in [4.69, 9.17) is 9.47 Å². The second-order valence-corrected chi connectivity index (χ2v) is 8.82. The Hall–Kier alpha value is -0.570. The van der Waals surface area contributed by atoms with Crippen LogP contribution in [-0.2, 0) is 14.3 Å². The highest BCUT2D eigenvalue weighted by Crippen LogP contribution is 2.73. The fourth-order valence-electron chi connectivity index (χ4n) is 6.50. The topological polar surface area (TPSA) is 38.8 Å². The SMILES string of the molecule is CC(C)(C)OC(=O)C1CC2CC1C1C3CC(C4OC34)C21. The summed E-state index contributed by atoms with van der Waals surface area (Å²) in [5.74, 6) is 4.89. The van der Waals surface area contributed by atoms with Gasteiger partial charge in [0.25, 0.3) is 0 Å². The number of carbonyl (C=O) groups excluding carboxylic acids is 1. The summed E-state index contributed by atoms with van der Waals surface area (Å²) in [6, 6.07) is 0. The van der Waals surface area contributed by atoms with E-state index in [-0.39, 0.29) is 17.5 Å². The van der Waals surface area contributed by atoms with E-state index >= 15 is 0 Å². The van der Waals surface area contributed by atoms with Gasteiger partial charge in [-0.3, -0.25) is 4.79 Å². The smallest absolute Gasteiger partial charge is 0.309 e. The second-order valence-electron chi connectivity index (χ2n) is 8.82. The summed E-state index contributed by atoms with van der Waals surface area (Å²) >= 11 is 0. The predicted molar refractivity (Wildman–Crippen MR) is 72.8 cm³/mol. The van der Waals surface area contributed by atoms with Crippen LogP contribution in [0.15, 0.2) is 0 Å². The quantitative estimate of drug-likeness (QED) is 0.420. The summed E-state index contributed by atoms with van der Waals surface area (Å²) in [7, 11) is 0. The lowest BCUT2D eigenvalue weighted by molar-refractivity contribution is -0.163. The molecule has 1 aliphatic heterocycles. The van der Waals surface area contributed by atoms with Crippen molar-refractivity contribution in [1.29, 1.82) is 0 Å². The molecular formula is C17H24O3. The van der Waals surface area contributed by atoms with Crippen LogP contribution in [0.25, 0.3) is 0 Å². The van der Waals surface area contributed by atoms with Crippen molar-refractivity contribution < 1.29 is 14.3 Å². The monoisotopic (exact) mass is 276 g/mol. The highest BCUT2D eigenvalue weighted by atomic mass is 16.6. The minimum Gasteiger partial charge on any atom is -0.460 e. The van der Waals surface area contributed by atoms with Gasteiger partial charge in [-0.25, -0.2) is 0 Å². The zero-order chi connectivity index (χ0) is 13.8. The van der Waals surface area contributed by atoms with E-state index in [1.54, 1.807) is 0 Å². The first-order chi connectivity index (χ1) is 9.44. The van der Waals surface area contributed by atoms with Crippen LogP contribution < -0.4 is 0 Å². The van der Waals surface area contributed by atoms with Crippen molar-refractivity contribution in [2.24, 2.45) is 41.4 Å². The average molecular weight is 276 g/mol. The van der Waals surface area contributed by atoms with Crippen LogP contribution in [0.1, 0.15) is 40.0 Å². The fourth-order valence-corrected chi connectivity index (χ4v) is 6.50. The van der Waals surface area contributed by atoms with Crippen LogP contribution in [0.5, 0.6) is 0 Å². The van der Waals surface area contributed by atoms with E-state index in [9.17, 15) is 4.79 Å². The van der Waals surface area contributed by atoms with Crippen molar-refractivity contribution in [3.05, 3.63) is 0 Å². The van der Waals surface area contributed by atoms with E-state index in [0.717, 1.165) is 36.0 Å². The summed E-state index contributed by atoms with van der Waals surface area (Å²) in [6.45, 7) is 5.92. The third-order valence-electron chi connectivity index (χ3n) is 6.78. The number of hydrogen-bond donors (Lipinski definition) is 0. The Labute approximate surface area is 120 Å². The molecule has 5 aliphatic rings. The molecule has 20 heavy (non-hydrogen) atoms. The molecule has 4 bridgehead atoms. The van der Waals surface area contributed by atoms with Crippen molar-refractivity contribution in [1.82, 2.24) is 0 Å². The number of rotatable bonds is 1. The lowest BCUT2D eigenvalue weighted by Crippen LogP contribution is -2.40. The molecular weight excluding hydrogens is 252 g/mol. The van der Waals surface area contributed by atoms with Gasteiger partial charge in [-0.15, -0.1) is 0 Å².